The molecule has 6 rings (SSSR count). The van der Waals surface area contributed by atoms with E-state index in [0.717, 1.165) is 55.3 Å². The van der Waals surface area contributed by atoms with Gasteiger partial charge >= 0.3 is 0 Å². The molecule has 1 saturated carbocycles. The number of aryl methyl sites for hydroxylation is 1. The monoisotopic (exact) mass is 512 g/mol. The van der Waals surface area contributed by atoms with Crippen LogP contribution in [0.1, 0.15) is 58.6 Å². The average molecular weight is 513 g/mol. The Balaban J connectivity index is 1.32. The van der Waals surface area contributed by atoms with Gasteiger partial charge in [-0.3, -0.25) is 9.59 Å². The number of carbonyl (C=O) groups is 2. The van der Waals surface area contributed by atoms with Crippen LogP contribution in [-0.2, 0) is 4.79 Å². The van der Waals surface area contributed by atoms with E-state index in [1.54, 1.807) is 24.3 Å². The lowest BCUT2D eigenvalue weighted by molar-refractivity contribution is -0.110. The van der Waals surface area contributed by atoms with E-state index >= 15 is 0 Å². The van der Waals surface area contributed by atoms with E-state index in [-0.39, 0.29) is 23.7 Å². The van der Waals surface area contributed by atoms with Crippen molar-refractivity contribution in [2.24, 2.45) is 5.92 Å². The van der Waals surface area contributed by atoms with Crippen molar-refractivity contribution in [1.29, 1.82) is 0 Å². The number of aromatic nitrogens is 1. The van der Waals surface area contributed by atoms with Crippen LogP contribution in [0.5, 0.6) is 0 Å². The first-order chi connectivity index (χ1) is 18.4. The van der Waals surface area contributed by atoms with Gasteiger partial charge in [0.1, 0.15) is 5.82 Å². The molecule has 7 heteroatoms. The van der Waals surface area contributed by atoms with Crippen molar-refractivity contribution in [3.8, 4) is 11.1 Å². The zero-order chi connectivity index (χ0) is 26.4. The summed E-state index contributed by atoms with van der Waals surface area (Å²) in [4.78, 5) is 32.2. The van der Waals surface area contributed by atoms with Gasteiger partial charge in [-0.05, 0) is 81.3 Å². The van der Waals surface area contributed by atoms with Crippen molar-refractivity contribution in [1.82, 2.24) is 15.2 Å². The molecule has 3 aliphatic rings. The van der Waals surface area contributed by atoms with Crippen LogP contribution in [0.2, 0.25) is 0 Å². The average Bonchev–Trinajstić information content (AvgIpc) is 3.39. The number of nitrogens with one attached hydrogen (secondary N) is 3. The quantitative estimate of drug-likeness (QED) is 0.364. The van der Waals surface area contributed by atoms with Gasteiger partial charge in [-0.2, -0.15) is 0 Å². The predicted octanol–water partition coefficient (Wildman–Crippen LogP) is 5.53. The van der Waals surface area contributed by atoms with Crippen LogP contribution in [0.4, 0.5) is 10.1 Å². The van der Waals surface area contributed by atoms with Crippen molar-refractivity contribution in [3.05, 3.63) is 76.4 Å². The molecular weight excluding hydrogens is 479 g/mol. The first kappa shape index (κ1) is 24.6. The zero-order valence-electron chi connectivity index (χ0n) is 21.9. The highest BCUT2D eigenvalue weighted by atomic mass is 19.1. The third-order valence-corrected chi connectivity index (χ3v) is 8.12. The molecule has 1 atom stereocenters. The molecule has 2 amide bonds. The maximum absolute atomic E-state index is 14.7. The minimum absolute atomic E-state index is 0.0416. The number of likely N-dealkylation sites (tertiary alicyclic amines) is 1. The van der Waals surface area contributed by atoms with Crippen LogP contribution in [0.15, 0.2) is 42.5 Å². The molecule has 2 aromatic carbocycles. The highest BCUT2D eigenvalue weighted by Crippen LogP contribution is 2.41. The van der Waals surface area contributed by atoms with Crippen molar-refractivity contribution in [2.75, 3.05) is 25.0 Å². The summed E-state index contributed by atoms with van der Waals surface area (Å²) >= 11 is 0. The smallest absolute Gasteiger partial charge is 0.256 e. The number of carbonyl (C=O) groups excluding carboxylic acids is 2. The van der Waals surface area contributed by atoms with Gasteiger partial charge in [0.2, 0.25) is 0 Å². The third kappa shape index (κ3) is 4.45. The second-order valence-corrected chi connectivity index (χ2v) is 10.8. The number of benzene rings is 2. The number of fused-ring (bicyclic) bond motifs is 1. The third-order valence-electron chi connectivity index (χ3n) is 8.12. The van der Waals surface area contributed by atoms with E-state index in [1.807, 2.05) is 36.9 Å². The molecule has 0 bridgehead atoms. The molecule has 3 aromatic rings. The maximum Gasteiger partial charge on any atom is 0.256 e. The van der Waals surface area contributed by atoms with Gasteiger partial charge in [0.25, 0.3) is 11.8 Å². The van der Waals surface area contributed by atoms with Crippen LogP contribution < -0.4 is 10.6 Å². The number of halogens is 1. The first-order valence-corrected chi connectivity index (χ1v) is 13.5. The lowest BCUT2D eigenvalue weighted by atomic mass is 9.93. The lowest BCUT2D eigenvalue weighted by Gasteiger charge is -2.25. The minimum atomic E-state index is -0.342. The molecule has 1 saturated heterocycles. The van der Waals surface area contributed by atoms with E-state index < -0.39 is 0 Å². The summed E-state index contributed by atoms with van der Waals surface area (Å²) in [7, 11) is 0. The largest absolute Gasteiger partial charge is 0.358 e. The van der Waals surface area contributed by atoms with Gasteiger partial charge in [-0.15, -0.1) is 0 Å². The normalized spacial score (nSPS) is 19.8. The molecule has 0 spiro atoms. The number of anilines is 1. The minimum Gasteiger partial charge on any atom is -0.358 e. The summed E-state index contributed by atoms with van der Waals surface area (Å²) in [5.74, 6) is 0.262. The van der Waals surface area contributed by atoms with Gasteiger partial charge in [0.15, 0.2) is 0 Å². The van der Waals surface area contributed by atoms with Crippen LogP contribution in [-0.4, -0.2) is 47.4 Å². The molecule has 2 aliphatic heterocycles. The van der Waals surface area contributed by atoms with Crippen molar-refractivity contribution >= 4 is 29.2 Å². The maximum atomic E-state index is 14.7. The molecule has 3 N–H and O–H groups in total. The molecule has 0 radical (unpaired) electrons. The number of hydrogen-bond donors (Lipinski definition) is 3. The molecule has 6 nitrogen and oxygen atoms in total. The van der Waals surface area contributed by atoms with Crippen molar-refractivity contribution in [2.45, 2.75) is 45.6 Å². The second kappa shape index (κ2) is 9.87. The van der Waals surface area contributed by atoms with Gasteiger partial charge in [0, 0.05) is 47.3 Å². The molecular formula is C31H33FN4O2. The van der Waals surface area contributed by atoms with Crippen LogP contribution in [0, 0.1) is 25.6 Å². The molecule has 3 heterocycles. The molecule has 1 aliphatic carbocycles. The number of rotatable bonds is 7. The Labute approximate surface area is 222 Å². The Kier molecular flexibility index (Phi) is 6.40. The van der Waals surface area contributed by atoms with Gasteiger partial charge in [-0.1, -0.05) is 30.3 Å². The summed E-state index contributed by atoms with van der Waals surface area (Å²) in [6.07, 6.45) is 6.44. The van der Waals surface area contributed by atoms with Crippen molar-refractivity contribution in [3.63, 3.8) is 0 Å². The van der Waals surface area contributed by atoms with E-state index in [0.29, 0.717) is 33.5 Å². The van der Waals surface area contributed by atoms with Gasteiger partial charge in [-0.25, -0.2) is 4.39 Å². The first-order valence-electron chi connectivity index (χ1n) is 13.5. The van der Waals surface area contributed by atoms with E-state index in [9.17, 15) is 14.0 Å². The van der Waals surface area contributed by atoms with Crippen LogP contribution >= 0.6 is 0 Å². The van der Waals surface area contributed by atoms with Crippen LogP contribution in [0.3, 0.4) is 0 Å². The van der Waals surface area contributed by atoms with Crippen LogP contribution in [0.25, 0.3) is 22.8 Å². The summed E-state index contributed by atoms with van der Waals surface area (Å²) in [6, 6.07) is 12.3. The summed E-state index contributed by atoms with van der Waals surface area (Å²) in [6.45, 7) is 6.47. The molecule has 196 valence electrons. The van der Waals surface area contributed by atoms with Crippen molar-refractivity contribution < 1.29 is 14.0 Å². The Morgan fingerprint density at radius 3 is 2.66 bits per heavy atom. The zero-order valence-corrected chi connectivity index (χ0v) is 21.9. The Hall–Kier alpha value is -3.71. The molecule has 1 aromatic heterocycles. The number of H-pyrrole nitrogens is 1. The topological polar surface area (TPSA) is 77.2 Å². The molecule has 2 fully saturated rings. The predicted molar refractivity (Wildman–Crippen MR) is 148 cm³/mol. The molecule has 0 unspecified atom stereocenters. The number of aromatic amines is 1. The standard InChI is InChI=1S/C31H33FN4O2/c1-18-27(34-19(2)28(18)31(38)36-14-6-7-21(36)17-33-16-20-12-13-20)15-24-29-23(22-8-3-4-10-25(22)32)9-5-11-26(29)35-30(24)37/h3-5,8-11,15,20-21,33-34H,6-7,12-14,16-17H2,1-2H3,(H,35,37)/t21-/m0/s1. The Morgan fingerprint density at radius 1 is 1.08 bits per heavy atom. The highest BCUT2D eigenvalue weighted by molar-refractivity contribution is 6.36. The second-order valence-electron chi connectivity index (χ2n) is 10.8. The van der Waals surface area contributed by atoms with E-state index in [1.165, 1.54) is 18.9 Å². The fourth-order valence-electron chi connectivity index (χ4n) is 5.91. The van der Waals surface area contributed by atoms with Gasteiger partial charge in [0.05, 0.1) is 11.1 Å². The number of amides is 2. The van der Waals surface area contributed by atoms with E-state index in [2.05, 4.69) is 15.6 Å². The SMILES string of the molecule is Cc1[nH]c(C=C2C(=O)Nc3cccc(-c4ccccc4F)c32)c(C)c1C(=O)N1CCC[C@H]1CNCC1CC1. The summed E-state index contributed by atoms with van der Waals surface area (Å²) in [5.41, 5.74) is 5.87. The Bertz CT molecular complexity index is 1450. The van der Waals surface area contributed by atoms with E-state index in [4.69, 9.17) is 0 Å². The van der Waals surface area contributed by atoms with Gasteiger partial charge < -0.3 is 20.5 Å². The number of nitrogens with zero attached hydrogens (tertiary/aromatic N) is 1. The fourth-order valence-corrected chi connectivity index (χ4v) is 5.91. The summed E-state index contributed by atoms with van der Waals surface area (Å²) in [5, 5.41) is 6.48. The number of hydrogen-bond acceptors (Lipinski definition) is 3. The Morgan fingerprint density at radius 2 is 1.87 bits per heavy atom. The fraction of sp³-hybridized carbons (Fsp3) is 0.355. The highest BCUT2D eigenvalue weighted by Gasteiger charge is 2.33. The summed E-state index contributed by atoms with van der Waals surface area (Å²) < 4.78 is 14.7. The lowest BCUT2D eigenvalue weighted by Crippen LogP contribution is -2.42. The molecule has 38 heavy (non-hydrogen) atoms.